The van der Waals surface area contributed by atoms with Crippen LogP contribution in [0.3, 0.4) is 0 Å². The second-order valence-corrected chi connectivity index (χ2v) is 5.72. The monoisotopic (exact) mass is 357 g/mol. The molecule has 116 valence electrons. The van der Waals surface area contributed by atoms with Crippen LogP contribution in [0.15, 0.2) is 28.7 Å². The van der Waals surface area contributed by atoms with Gasteiger partial charge in [-0.15, -0.1) is 0 Å². The molecule has 0 radical (unpaired) electrons. The number of rotatable bonds is 9. The van der Waals surface area contributed by atoms with E-state index in [-0.39, 0.29) is 12.5 Å². The Morgan fingerprint density at radius 3 is 2.57 bits per heavy atom. The van der Waals surface area contributed by atoms with Crippen LogP contribution < -0.4 is 10.1 Å². The predicted octanol–water partition coefficient (Wildman–Crippen LogP) is 2.84. The maximum absolute atomic E-state index is 11.5. The van der Waals surface area contributed by atoms with Crippen molar-refractivity contribution < 1.29 is 19.4 Å². The van der Waals surface area contributed by atoms with Crippen LogP contribution in [0, 0.1) is 5.92 Å². The van der Waals surface area contributed by atoms with Gasteiger partial charge in [-0.2, -0.15) is 0 Å². The van der Waals surface area contributed by atoms with E-state index in [4.69, 9.17) is 9.84 Å². The highest BCUT2D eigenvalue weighted by atomic mass is 79.9. The van der Waals surface area contributed by atoms with Gasteiger partial charge < -0.3 is 15.2 Å². The van der Waals surface area contributed by atoms with Gasteiger partial charge in [0.15, 0.2) is 0 Å². The van der Waals surface area contributed by atoms with E-state index in [1.807, 2.05) is 24.3 Å². The molecular weight excluding hydrogens is 338 g/mol. The number of hydrogen-bond donors (Lipinski definition) is 2. The second-order valence-electron chi connectivity index (χ2n) is 4.80. The fraction of sp³-hybridized carbons (Fsp3) is 0.467. The number of hydrogen-bond acceptors (Lipinski definition) is 3. The highest BCUT2D eigenvalue weighted by Gasteiger charge is 2.11. The lowest BCUT2D eigenvalue weighted by atomic mass is 10.2. The van der Waals surface area contributed by atoms with Crippen molar-refractivity contribution in [1.82, 2.24) is 5.32 Å². The van der Waals surface area contributed by atoms with Crippen LogP contribution >= 0.6 is 15.9 Å². The van der Waals surface area contributed by atoms with Gasteiger partial charge in [0, 0.05) is 17.4 Å². The summed E-state index contributed by atoms with van der Waals surface area (Å²) in [5, 5.41) is 11.3. The van der Waals surface area contributed by atoms with Crippen molar-refractivity contribution in [2.24, 2.45) is 5.92 Å². The number of amides is 1. The summed E-state index contributed by atoms with van der Waals surface area (Å²) in [6.45, 7) is 2.29. The molecule has 1 aromatic carbocycles. The van der Waals surface area contributed by atoms with Crippen LogP contribution in [-0.2, 0) is 9.59 Å². The summed E-state index contributed by atoms with van der Waals surface area (Å²) in [4.78, 5) is 22.1. The first kappa shape index (κ1) is 17.5. The molecule has 21 heavy (non-hydrogen) atoms. The van der Waals surface area contributed by atoms with E-state index in [2.05, 4.69) is 21.2 Å². The SMILES string of the molecule is CC(CNC(=O)CCCCOc1ccc(Br)cc1)C(=O)O. The molecule has 0 spiro atoms. The van der Waals surface area contributed by atoms with Crippen molar-refractivity contribution in [2.45, 2.75) is 26.2 Å². The molecule has 0 fully saturated rings. The van der Waals surface area contributed by atoms with Crippen LogP contribution in [-0.4, -0.2) is 30.1 Å². The van der Waals surface area contributed by atoms with Gasteiger partial charge in [-0.05, 0) is 37.1 Å². The maximum atomic E-state index is 11.5. The van der Waals surface area contributed by atoms with Crippen LogP contribution in [0.4, 0.5) is 0 Å². The van der Waals surface area contributed by atoms with Crippen LogP contribution in [0.5, 0.6) is 5.75 Å². The Labute approximate surface area is 132 Å². The number of unbranched alkanes of at least 4 members (excludes halogenated alkanes) is 1. The lowest BCUT2D eigenvalue weighted by molar-refractivity contribution is -0.141. The van der Waals surface area contributed by atoms with Crippen molar-refractivity contribution in [3.8, 4) is 5.75 Å². The minimum Gasteiger partial charge on any atom is -0.494 e. The average Bonchev–Trinajstić information content (AvgIpc) is 2.46. The third-order valence-corrected chi connectivity index (χ3v) is 3.44. The fourth-order valence-electron chi connectivity index (χ4n) is 1.55. The molecule has 0 aliphatic heterocycles. The molecular formula is C15H20BrNO4. The first-order chi connectivity index (χ1) is 9.99. The maximum Gasteiger partial charge on any atom is 0.308 e. The molecule has 0 saturated carbocycles. The summed E-state index contributed by atoms with van der Waals surface area (Å²) in [6.07, 6.45) is 1.87. The summed E-state index contributed by atoms with van der Waals surface area (Å²) in [5.74, 6) is -0.780. The van der Waals surface area contributed by atoms with Crippen molar-refractivity contribution in [3.63, 3.8) is 0 Å². The molecule has 1 atom stereocenters. The molecule has 0 heterocycles. The number of benzene rings is 1. The summed E-state index contributed by atoms with van der Waals surface area (Å²) in [5.41, 5.74) is 0. The van der Waals surface area contributed by atoms with E-state index >= 15 is 0 Å². The van der Waals surface area contributed by atoms with Gasteiger partial charge >= 0.3 is 5.97 Å². The van der Waals surface area contributed by atoms with Crippen molar-refractivity contribution >= 4 is 27.8 Å². The summed E-state index contributed by atoms with van der Waals surface area (Å²) < 4.78 is 6.54. The smallest absolute Gasteiger partial charge is 0.308 e. The number of aliphatic carboxylic acids is 1. The molecule has 1 rings (SSSR count). The lowest BCUT2D eigenvalue weighted by Gasteiger charge is -2.09. The number of carbonyl (C=O) groups excluding carboxylic acids is 1. The Morgan fingerprint density at radius 2 is 1.95 bits per heavy atom. The minimum absolute atomic E-state index is 0.119. The van der Waals surface area contributed by atoms with Crippen LogP contribution in [0.2, 0.25) is 0 Å². The Kier molecular flexibility index (Phi) is 7.82. The number of halogens is 1. The Hall–Kier alpha value is -1.56. The van der Waals surface area contributed by atoms with Gasteiger partial charge in [0.05, 0.1) is 12.5 Å². The van der Waals surface area contributed by atoms with E-state index < -0.39 is 11.9 Å². The van der Waals surface area contributed by atoms with Gasteiger partial charge in [0.25, 0.3) is 0 Å². The van der Waals surface area contributed by atoms with Crippen LogP contribution in [0.1, 0.15) is 26.2 Å². The molecule has 1 unspecified atom stereocenters. The summed E-state index contributed by atoms with van der Waals surface area (Å²) >= 11 is 3.35. The van der Waals surface area contributed by atoms with E-state index in [0.717, 1.165) is 16.6 Å². The molecule has 1 amide bonds. The highest BCUT2D eigenvalue weighted by molar-refractivity contribution is 9.10. The van der Waals surface area contributed by atoms with Gasteiger partial charge in [-0.1, -0.05) is 22.9 Å². The fourth-order valence-corrected chi connectivity index (χ4v) is 1.82. The third kappa shape index (κ3) is 7.70. The number of carboxylic acid groups (broad SMARTS) is 1. The zero-order valence-corrected chi connectivity index (χ0v) is 13.6. The van der Waals surface area contributed by atoms with Crippen molar-refractivity contribution in [3.05, 3.63) is 28.7 Å². The number of carboxylic acids is 1. The highest BCUT2D eigenvalue weighted by Crippen LogP contribution is 2.16. The molecule has 6 heteroatoms. The average molecular weight is 358 g/mol. The lowest BCUT2D eigenvalue weighted by Crippen LogP contribution is -2.31. The number of nitrogens with one attached hydrogen (secondary N) is 1. The van der Waals surface area contributed by atoms with E-state index in [9.17, 15) is 9.59 Å². The zero-order valence-electron chi connectivity index (χ0n) is 12.0. The van der Waals surface area contributed by atoms with Crippen molar-refractivity contribution in [1.29, 1.82) is 0 Å². The second kappa shape index (κ2) is 9.39. The topological polar surface area (TPSA) is 75.6 Å². The standard InChI is InChI=1S/C15H20BrNO4/c1-11(15(19)20)10-17-14(18)4-2-3-9-21-13-7-5-12(16)6-8-13/h5-8,11H,2-4,9-10H2,1H3,(H,17,18)(H,19,20). The van der Waals surface area contributed by atoms with Crippen molar-refractivity contribution in [2.75, 3.05) is 13.2 Å². The molecule has 0 bridgehead atoms. The summed E-state index contributed by atoms with van der Waals surface area (Å²) in [6, 6.07) is 7.58. The molecule has 2 N–H and O–H groups in total. The molecule has 1 aromatic rings. The van der Waals surface area contributed by atoms with E-state index in [1.54, 1.807) is 6.92 Å². The number of ether oxygens (including phenoxy) is 1. The van der Waals surface area contributed by atoms with Gasteiger partial charge in [-0.25, -0.2) is 0 Å². The quantitative estimate of drug-likeness (QED) is 0.666. The molecule has 5 nitrogen and oxygen atoms in total. The zero-order chi connectivity index (χ0) is 15.7. The first-order valence-corrected chi connectivity index (χ1v) is 7.66. The van der Waals surface area contributed by atoms with Gasteiger partial charge in [-0.3, -0.25) is 9.59 Å². The minimum atomic E-state index is -0.904. The normalized spacial score (nSPS) is 11.7. The predicted molar refractivity (Wildman–Crippen MR) is 83.3 cm³/mol. The van der Waals surface area contributed by atoms with Gasteiger partial charge in [0.1, 0.15) is 5.75 Å². The molecule has 0 aliphatic rings. The molecule has 0 saturated heterocycles. The Morgan fingerprint density at radius 1 is 1.29 bits per heavy atom. The Balaban J connectivity index is 2.07. The molecule has 0 aliphatic carbocycles. The summed E-state index contributed by atoms with van der Waals surface area (Å²) in [7, 11) is 0. The molecule has 0 aromatic heterocycles. The first-order valence-electron chi connectivity index (χ1n) is 6.87. The largest absolute Gasteiger partial charge is 0.494 e. The van der Waals surface area contributed by atoms with Gasteiger partial charge in [0.2, 0.25) is 5.91 Å². The van der Waals surface area contributed by atoms with E-state index in [1.165, 1.54) is 0 Å². The number of carbonyl (C=O) groups is 2. The Bertz CT molecular complexity index is 461. The van der Waals surface area contributed by atoms with E-state index in [0.29, 0.717) is 19.4 Å². The third-order valence-electron chi connectivity index (χ3n) is 2.91. The van der Waals surface area contributed by atoms with Crippen LogP contribution in [0.25, 0.3) is 0 Å².